The van der Waals surface area contributed by atoms with Crippen LogP contribution in [0, 0.1) is 10.5 Å². The predicted octanol–water partition coefficient (Wildman–Crippen LogP) is 3.52. The number of carbonyl (C=O) groups is 1. The van der Waals surface area contributed by atoms with Gasteiger partial charge in [-0.3, -0.25) is 4.79 Å². The van der Waals surface area contributed by atoms with Crippen molar-refractivity contribution in [2.45, 2.75) is 6.92 Å². The van der Waals surface area contributed by atoms with Crippen molar-refractivity contribution in [3.63, 3.8) is 0 Å². The number of rotatable bonds is 2. The second-order valence-corrected chi connectivity index (χ2v) is 6.11. The molecule has 104 valence electrons. The summed E-state index contributed by atoms with van der Waals surface area (Å²) in [5.74, 6) is 0.445. The summed E-state index contributed by atoms with van der Waals surface area (Å²) in [5.41, 5.74) is 3.50. The fourth-order valence-electron chi connectivity index (χ4n) is 2.03. The van der Waals surface area contributed by atoms with Gasteiger partial charge < -0.3 is 5.32 Å². The third-order valence-corrected chi connectivity index (χ3v) is 3.91. The molecule has 1 heterocycles. The molecule has 4 heteroatoms. The fourth-order valence-corrected chi connectivity index (χ4v) is 2.39. The van der Waals surface area contributed by atoms with Crippen LogP contribution in [0.5, 0.6) is 0 Å². The first-order valence-electron chi connectivity index (χ1n) is 6.56. The van der Waals surface area contributed by atoms with Gasteiger partial charge in [0.2, 0.25) is 0 Å². The first kappa shape index (κ1) is 14.0. The predicted molar refractivity (Wildman–Crippen MR) is 93.0 cm³/mol. The maximum absolute atomic E-state index is 12.0. The third kappa shape index (κ3) is 3.21. The molecule has 0 aromatic heterocycles. The van der Waals surface area contributed by atoms with Gasteiger partial charge in [0.15, 0.2) is 0 Å². The standard InChI is InChI=1S/C17H13IN2O/c1-11-2-6-13(7-3-11)16-19-15(17(21)20-16)10-12-4-8-14(18)9-5-12/h2-10H,1H3,(H,19,20,21). The summed E-state index contributed by atoms with van der Waals surface area (Å²) in [6.07, 6.45) is 1.80. The molecule has 0 aliphatic carbocycles. The van der Waals surface area contributed by atoms with Crippen LogP contribution in [0.3, 0.4) is 0 Å². The first-order valence-corrected chi connectivity index (χ1v) is 7.64. The van der Waals surface area contributed by atoms with Gasteiger partial charge in [-0.25, -0.2) is 4.99 Å². The van der Waals surface area contributed by atoms with E-state index in [0.717, 1.165) is 14.7 Å². The summed E-state index contributed by atoms with van der Waals surface area (Å²) in [5, 5.41) is 2.81. The molecular formula is C17H13IN2O. The lowest BCUT2D eigenvalue weighted by molar-refractivity contribution is -0.115. The summed E-state index contributed by atoms with van der Waals surface area (Å²) < 4.78 is 1.16. The quantitative estimate of drug-likeness (QED) is 0.621. The molecule has 1 amide bonds. The maximum Gasteiger partial charge on any atom is 0.275 e. The molecule has 1 N–H and O–H groups in total. The average Bonchev–Trinajstić information content (AvgIpc) is 2.83. The SMILES string of the molecule is Cc1ccc(C2=NC(=Cc3ccc(I)cc3)C(=O)N2)cc1. The number of nitrogens with zero attached hydrogens (tertiary/aromatic N) is 1. The minimum Gasteiger partial charge on any atom is -0.305 e. The average molecular weight is 388 g/mol. The normalized spacial score (nSPS) is 16.0. The number of amides is 1. The zero-order valence-electron chi connectivity index (χ0n) is 11.4. The molecule has 0 radical (unpaired) electrons. The van der Waals surface area contributed by atoms with Gasteiger partial charge in [-0.05, 0) is 53.3 Å². The van der Waals surface area contributed by atoms with Crippen LogP contribution in [0.15, 0.2) is 59.2 Å². The van der Waals surface area contributed by atoms with Crippen LogP contribution >= 0.6 is 22.6 Å². The third-order valence-electron chi connectivity index (χ3n) is 3.20. The highest BCUT2D eigenvalue weighted by Gasteiger charge is 2.20. The Balaban J connectivity index is 1.91. The highest BCUT2D eigenvalue weighted by Crippen LogP contribution is 2.16. The molecule has 0 saturated carbocycles. The van der Waals surface area contributed by atoms with Crippen LogP contribution in [0.4, 0.5) is 0 Å². The Morgan fingerprint density at radius 1 is 1.05 bits per heavy atom. The minimum atomic E-state index is -0.163. The highest BCUT2D eigenvalue weighted by molar-refractivity contribution is 14.1. The van der Waals surface area contributed by atoms with E-state index in [4.69, 9.17) is 0 Å². The van der Waals surface area contributed by atoms with Crippen LogP contribution in [0.25, 0.3) is 6.08 Å². The van der Waals surface area contributed by atoms with Crippen molar-refractivity contribution in [2.75, 3.05) is 0 Å². The Labute approximate surface area is 136 Å². The van der Waals surface area contributed by atoms with Crippen LogP contribution in [-0.2, 0) is 4.79 Å². The van der Waals surface area contributed by atoms with Crippen molar-refractivity contribution in [3.8, 4) is 0 Å². The number of amidine groups is 1. The number of halogens is 1. The van der Waals surface area contributed by atoms with Crippen LogP contribution < -0.4 is 5.32 Å². The topological polar surface area (TPSA) is 41.5 Å². The second kappa shape index (κ2) is 5.81. The number of hydrogen-bond acceptors (Lipinski definition) is 2. The molecule has 3 nitrogen and oxygen atoms in total. The molecule has 1 aliphatic rings. The molecule has 0 fully saturated rings. The molecule has 0 atom stereocenters. The minimum absolute atomic E-state index is 0.163. The monoisotopic (exact) mass is 388 g/mol. The number of aliphatic imine (C=N–C) groups is 1. The van der Waals surface area contributed by atoms with Gasteiger partial charge in [0, 0.05) is 9.13 Å². The molecule has 2 aromatic carbocycles. The van der Waals surface area contributed by atoms with Gasteiger partial charge in [-0.1, -0.05) is 42.0 Å². The molecule has 1 aliphatic heterocycles. The van der Waals surface area contributed by atoms with E-state index >= 15 is 0 Å². The summed E-state index contributed by atoms with van der Waals surface area (Å²) in [4.78, 5) is 16.4. The van der Waals surface area contributed by atoms with Crippen LogP contribution in [-0.4, -0.2) is 11.7 Å². The van der Waals surface area contributed by atoms with Crippen molar-refractivity contribution < 1.29 is 4.79 Å². The Kier molecular flexibility index (Phi) is 3.88. The van der Waals surface area contributed by atoms with E-state index in [9.17, 15) is 4.79 Å². The first-order chi connectivity index (χ1) is 10.1. The van der Waals surface area contributed by atoms with E-state index in [2.05, 4.69) is 32.9 Å². The lowest BCUT2D eigenvalue weighted by Gasteiger charge is -2.00. The number of aryl methyl sites for hydroxylation is 1. The number of carbonyl (C=O) groups excluding carboxylic acids is 1. The smallest absolute Gasteiger partial charge is 0.275 e. The summed E-state index contributed by atoms with van der Waals surface area (Å²) >= 11 is 2.25. The van der Waals surface area contributed by atoms with Gasteiger partial charge in [-0.15, -0.1) is 0 Å². The number of nitrogens with one attached hydrogen (secondary N) is 1. The molecule has 21 heavy (non-hydrogen) atoms. The number of benzene rings is 2. The van der Waals surface area contributed by atoms with Gasteiger partial charge in [-0.2, -0.15) is 0 Å². The van der Waals surface area contributed by atoms with E-state index in [1.807, 2.05) is 55.5 Å². The molecular weight excluding hydrogens is 375 g/mol. The van der Waals surface area contributed by atoms with Crippen molar-refractivity contribution in [3.05, 3.63) is 74.5 Å². The van der Waals surface area contributed by atoms with Crippen molar-refractivity contribution in [1.82, 2.24) is 5.32 Å². The van der Waals surface area contributed by atoms with Gasteiger partial charge >= 0.3 is 0 Å². The van der Waals surface area contributed by atoms with Gasteiger partial charge in [0.25, 0.3) is 5.91 Å². The second-order valence-electron chi connectivity index (χ2n) is 4.86. The maximum atomic E-state index is 12.0. The molecule has 0 spiro atoms. The molecule has 0 bridgehead atoms. The molecule has 0 saturated heterocycles. The largest absolute Gasteiger partial charge is 0.305 e. The van der Waals surface area contributed by atoms with E-state index in [0.29, 0.717) is 11.5 Å². The Morgan fingerprint density at radius 2 is 1.71 bits per heavy atom. The molecule has 0 unspecified atom stereocenters. The van der Waals surface area contributed by atoms with Crippen molar-refractivity contribution in [1.29, 1.82) is 0 Å². The zero-order chi connectivity index (χ0) is 14.8. The lowest BCUT2D eigenvalue weighted by atomic mass is 10.1. The highest BCUT2D eigenvalue weighted by atomic mass is 127. The van der Waals surface area contributed by atoms with Crippen LogP contribution in [0.1, 0.15) is 16.7 Å². The molecule has 2 aromatic rings. The number of hydrogen-bond donors (Lipinski definition) is 1. The van der Waals surface area contributed by atoms with Crippen molar-refractivity contribution >= 4 is 40.4 Å². The van der Waals surface area contributed by atoms with Crippen molar-refractivity contribution in [2.24, 2.45) is 4.99 Å². The summed E-state index contributed by atoms with van der Waals surface area (Å²) in [7, 11) is 0. The fraction of sp³-hybridized carbons (Fsp3) is 0.0588. The lowest BCUT2D eigenvalue weighted by Crippen LogP contribution is -2.24. The van der Waals surface area contributed by atoms with Gasteiger partial charge in [0.1, 0.15) is 11.5 Å². The summed E-state index contributed by atoms with van der Waals surface area (Å²) in [6, 6.07) is 15.9. The Hall–Kier alpha value is -1.95. The molecule has 3 rings (SSSR count). The summed E-state index contributed by atoms with van der Waals surface area (Å²) in [6.45, 7) is 2.03. The Bertz CT molecular complexity index is 743. The Morgan fingerprint density at radius 3 is 2.38 bits per heavy atom. The van der Waals surface area contributed by atoms with Crippen LogP contribution in [0.2, 0.25) is 0 Å². The van der Waals surface area contributed by atoms with E-state index in [1.54, 1.807) is 6.08 Å². The van der Waals surface area contributed by atoms with E-state index in [-0.39, 0.29) is 5.91 Å². The zero-order valence-corrected chi connectivity index (χ0v) is 13.6. The van der Waals surface area contributed by atoms with Gasteiger partial charge in [0.05, 0.1) is 0 Å². The van der Waals surface area contributed by atoms with E-state index < -0.39 is 0 Å². The van der Waals surface area contributed by atoms with E-state index in [1.165, 1.54) is 5.56 Å².